The monoisotopic (exact) mass is 571 g/mol. The maximum absolute atomic E-state index is 12.5. The van der Waals surface area contributed by atoms with Crippen molar-refractivity contribution in [3.05, 3.63) is 54.1 Å². The maximum atomic E-state index is 12.5. The smallest absolute Gasteiger partial charge is 0.461 e. The van der Waals surface area contributed by atoms with Crippen LogP contribution in [0.25, 0.3) is 0 Å². The van der Waals surface area contributed by atoms with Gasteiger partial charge in [-0.15, -0.1) is 0 Å². The minimum absolute atomic E-state index is 0.0647. The summed E-state index contributed by atoms with van der Waals surface area (Å²) in [5, 5.41) is 0. The molecule has 0 fully saturated rings. The van der Waals surface area contributed by atoms with Crippen LogP contribution in [0.15, 0.2) is 48.5 Å². The topological polar surface area (TPSA) is 140 Å². The van der Waals surface area contributed by atoms with E-state index in [9.17, 15) is 19.2 Å². The van der Waals surface area contributed by atoms with E-state index in [1.807, 2.05) is 13.8 Å². The lowest BCUT2D eigenvalue weighted by molar-refractivity contribution is -0.148. The lowest BCUT2D eigenvalue weighted by atomic mass is 10.1. The minimum atomic E-state index is -1.05. The molecule has 0 saturated heterocycles. The fourth-order valence-corrected chi connectivity index (χ4v) is 3.68. The molecule has 0 unspecified atom stereocenters. The number of para-hydroxylation sites is 1. The zero-order chi connectivity index (χ0) is 30.0. The molecule has 10 heteroatoms. The van der Waals surface area contributed by atoms with Gasteiger partial charge in [0.1, 0.15) is 24.5 Å². The van der Waals surface area contributed by atoms with Crippen LogP contribution < -0.4 is 19.9 Å². The Balaban J connectivity index is 1.95. The van der Waals surface area contributed by atoms with Crippen LogP contribution in [-0.2, 0) is 30.3 Å². The van der Waals surface area contributed by atoms with Gasteiger partial charge in [-0.1, -0.05) is 63.8 Å². The molecular weight excluding hydrogens is 530 g/mol. The second-order valence-electron chi connectivity index (χ2n) is 9.68. The summed E-state index contributed by atoms with van der Waals surface area (Å²) in [6, 6.07) is 12.1. The molecular formula is C31H41NO9. The number of hydrogen-bond donors (Lipinski definition) is 1. The number of ether oxygens (including phenoxy) is 5. The predicted molar refractivity (Wildman–Crippen MR) is 152 cm³/mol. The van der Waals surface area contributed by atoms with Crippen molar-refractivity contribution in [3.8, 4) is 17.2 Å². The van der Waals surface area contributed by atoms with E-state index in [-0.39, 0.29) is 37.4 Å². The number of hydrogen-bond acceptors (Lipinski definition) is 10. The van der Waals surface area contributed by atoms with Gasteiger partial charge in [0.15, 0.2) is 11.5 Å². The Kier molecular flexibility index (Phi) is 15.0. The van der Waals surface area contributed by atoms with Crippen LogP contribution in [0.1, 0.15) is 77.7 Å². The maximum Gasteiger partial charge on any atom is 0.514 e. The summed E-state index contributed by atoms with van der Waals surface area (Å²) in [4.78, 5) is 49.1. The highest BCUT2D eigenvalue weighted by Crippen LogP contribution is 2.30. The SMILES string of the molecule is CCCCCC(=O)Oc1ccc(C[C@H](N)C(=O)OC[C@H](C)OC(=O)Oc2ccccc2)cc1OC(=O)CCCCC. The Bertz CT molecular complexity index is 1120. The third-order valence-corrected chi connectivity index (χ3v) is 5.89. The molecule has 0 aliphatic rings. The number of benzene rings is 2. The largest absolute Gasteiger partial charge is 0.514 e. The Morgan fingerprint density at radius 3 is 2.00 bits per heavy atom. The van der Waals surface area contributed by atoms with Gasteiger partial charge in [0.05, 0.1) is 0 Å². The van der Waals surface area contributed by atoms with Gasteiger partial charge in [-0.2, -0.15) is 0 Å². The average molecular weight is 572 g/mol. The molecule has 41 heavy (non-hydrogen) atoms. The number of carbonyl (C=O) groups is 4. The van der Waals surface area contributed by atoms with E-state index < -0.39 is 36.2 Å². The molecule has 224 valence electrons. The van der Waals surface area contributed by atoms with Crippen molar-refractivity contribution in [1.82, 2.24) is 0 Å². The van der Waals surface area contributed by atoms with Gasteiger partial charge in [0.2, 0.25) is 0 Å². The van der Waals surface area contributed by atoms with Gasteiger partial charge in [0.25, 0.3) is 0 Å². The predicted octanol–water partition coefficient (Wildman–Crippen LogP) is 5.68. The van der Waals surface area contributed by atoms with Crippen LogP contribution >= 0.6 is 0 Å². The van der Waals surface area contributed by atoms with Crippen LogP contribution in [-0.4, -0.2) is 42.8 Å². The number of nitrogens with two attached hydrogens (primary N) is 1. The molecule has 10 nitrogen and oxygen atoms in total. The fraction of sp³-hybridized carbons (Fsp3) is 0.484. The highest BCUT2D eigenvalue weighted by Gasteiger charge is 2.21. The van der Waals surface area contributed by atoms with E-state index in [1.165, 1.54) is 12.1 Å². The standard InChI is InChI=1S/C31H41NO9/c1-4-6-9-15-28(33)40-26-18-17-23(20-27(26)41-29(34)16-10-7-5-2)19-25(32)30(35)37-21-22(3)38-31(36)39-24-13-11-8-12-14-24/h8,11-14,17-18,20,22,25H,4-7,9-10,15-16,19,21,32H2,1-3H3/t22-,25-/m0/s1. The van der Waals surface area contributed by atoms with Crippen LogP contribution in [0.3, 0.4) is 0 Å². The normalized spacial score (nSPS) is 12.1. The summed E-state index contributed by atoms with van der Waals surface area (Å²) in [6.45, 7) is 5.41. The Morgan fingerprint density at radius 2 is 1.39 bits per heavy atom. The molecule has 2 aromatic carbocycles. The molecule has 0 radical (unpaired) electrons. The van der Waals surface area contributed by atoms with Crippen molar-refractivity contribution in [2.75, 3.05) is 6.61 Å². The van der Waals surface area contributed by atoms with Crippen LogP contribution in [0.2, 0.25) is 0 Å². The third kappa shape index (κ3) is 13.3. The Morgan fingerprint density at radius 1 is 0.780 bits per heavy atom. The molecule has 2 rings (SSSR count). The number of rotatable bonds is 17. The van der Waals surface area contributed by atoms with Crippen LogP contribution in [0.5, 0.6) is 17.2 Å². The van der Waals surface area contributed by atoms with Gasteiger partial charge >= 0.3 is 24.1 Å². The first-order valence-electron chi connectivity index (χ1n) is 14.1. The van der Waals surface area contributed by atoms with Gasteiger partial charge in [-0.25, -0.2) is 4.79 Å². The number of carbonyl (C=O) groups excluding carboxylic acids is 4. The first kappa shape index (κ1) is 33.3. The second kappa shape index (κ2) is 18.4. The highest BCUT2D eigenvalue weighted by molar-refractivity contribution is 5.77. The van der Waals surface area contributed by atoms with E-state index in [1.54, 1.807) is 43.3 Å². The van der Waals surface area contributed by atoms with Crippen molar-refractivity contribution >= 4 is 24.1 Å². The summed E-state index contributed by atoms with van der Waals surface area (Å²) in [5.74, 6) is -1.02. The quantitative estimate of drug-likeness (QED) is 0.109. The molecule has 2 N–H and O–H groups in total. The lowest BCUT2D eigenvalue weighted by Gasteiger charge is -2.16. The van der Waals surface area contributed by atoms with E-state index in [0.29, 0.717) is 24.2 Å². The molecule has 0 spiro atoms. The summed E-state index contributed by atoms with van der Waals surface area (Å²) in [5.41, 5.74) is 6.63. The zero-order valence-corrected chi connectivity index (χ0v) is 24.1. The van der Waals surface area contributed by atoms with Crippen molar-refractivity contribution in [2.24, 2.45) is 5.73 Å². The molecule has 0 amide bonds. The Hall–Kier alpha value is -3.92. The summed E-state index contributed by atoms with van der Waals surface area (Å²) < 4.78 is 26.4. The van der Waals surface area contributed by atoms with Crippen molar-refractivity contribution < 1.29 is 42.9 Å². The molecule has 2 atom stereocenters. The summed E-state index contributed by atoms with van der Waals surface area (Å²) in [6.07, 6.45) is 3.97. The number of unbranched alkanes of at least 4 members (excludes halogenated alkanes) is 4. The molecule has 0 aliphatic heterocycles. The van der Waals surface area contributed by atoms with Crippen LogP contribution in [0, 0.1) is 0 Å². The van der Waals surface area contributed by atoms with Crippen molar-refractivity contribution in [3.63, 3.8) is 0 Å². The van der Waals surface area contributed by atoms with Crippen molar-refractivity contribution in [2.45, 2.75) is 90.7 Å². The minimum Gasteiger partial charge on any atom is -0.461 e. The number of esters is 3. The van der Waals surface area contributed by atoms with E-state index >= 15 is 0 Å². The molecule has 0 bridgehead atoms. The Labute approximate surface area is 241 Å². The molecule has 2 aromatic rings. The van der Waals surface area contributed by atoms with E-state index in [0.717, 1.165) is 25.7 Å². The lowest BCUT2D eigenvalue weighted by Crippen LogP contribution is -2.36. The van der Waals surface area contributed by atoms with Gasteiger partial charge < -0.3 is 29.4 Å². The second-order valence-corrected chi connectivity index (χ2v) is 9.68. The van der Waals surface area contributed by atoms with E-state index in [4.69, 9.17) is 29.4 Å². The fourth-order valence-electron chi connectivity index (χ4n) is 3.68. The molecule has 0 heterocycles. The first-order chi connectivity index (χ1) is 19.7. The van der Waals surface area contributed by atoms with E-state index in [2.05, 4.69) is 0 Å². The molecule has 0 aromatic heterocycles. The van der Waals surface area contributed by atoms with Gasteiger partial charge in [-0.05, 0) is 56.0 Å². The average Bonchev–Trinajstić information content (AvgIpc) is 2.93. The third-order valence-electron chi connectivity index (χ3n) is 5.89. The highest BCUT2D eigenvalue weighted by atomic mass is 16.7. The van der Waals surface area contributed by atoms with Crippen molar-refractivity contribution in [1.29, 1.82) is 0 Å². The summed E-state index contributed by atoms with van der Waals surface area (Å²) >= 11 is 0. The summed E-state index contributed by atoms with van der Waals surface area (Å²) in [7, 11) is 0. The van der Waals surface area contributed by atoms with Crippen LogP contribution in [0.4, 0.5) is 4.79 Å². The molecule has 0 aliphatic carbocycles. The van der Waals surface area contributed by atoms with Gasteiger partial charge in [0, 0.05) is 12.8 Å². The van der Waals surface area contributed by atoms with Gasteiger partial charge in [-0.3, -0.25) is 14.4 Å². The molecule has 0 saturated carbocycles. The zero-order valence-electron chi connectivity index (χ0n) is 24.1. The first-order valence-corrected chi connectivity index (χ1v) is 14.1.